The molecule has 3 aromatic carbocycles. The molecular weight excluding hydrogens is 749 g/mol. The van der Waals surface area contributed by atoms with Gasteiger partial charge in [-0.15, -0.1) is 0 Å². The van der Waals surface area contributed by atoms with Crippen LogP contribution in [0, 0.1) is 23.7 Å². The maximum absolute atomic E-state index is 13.8. The summed E-state index contributed by atoms with van der Waals surface area (Å²) in [5.74, 6) is 0.870. The average Bonchev–Trinajstić information content (AvgIpc) is 3.96. The van der Waals surface area contributed by atoms with E-state index in [1.165, 1.54) is 0 Å². The SMILES string of the molecule is CC1(C)C2CN(C(=O)OCc3ccccc3)CC2CN1S(=O)(=O)c1cccc2cnccc12.CC1(C)C2CNCC2CN1S(=O)(=O)c1cccc2cnccc12. The summed E-state index contributed by atoms with van der Waals surface area (Å²) in [6.07, 6.45) is 6.30. The largest absolute Gasteiger partial charge is 0.445 e. The lowest BCUT2D eigenvalue weighted by Crippen LogP contribution is -2.48. The Kier molecular flexibility index (Phi) is 9.93. The van der Waals surface area contributed by atoms with Crippen molar-refractivity contribution in [2.24, 2.45) is 23.7 Å². The topological polar surface area (TPSA) is 142 Å². The Morgan fingerprint density at radius 2 is 1.23 bits per heavy atom. The van der Waals surface area contributed by atoms with E-state index in [-0.39, 0.29) is 30.1 Å². The van der Waals surface area contributed by atoms with E-state index >= 15 is 0 Å². The molecule has 1 N–H and O–H groups in total. The van der Waals surface area contributed by atoms with Gasteiger partial charge in [-0.3, -0.25) is 9.97 Å². The van der Waals surface area contributed by atoms with Gasteiger partial charge in [-0.1, -0.05) is 54.6 Å². The summed E-state index contributed by atoms with van der Waals surface area (Å²) in [5, 5.41) is 6.46. The summed E-state index contributed by atoms with van der Waals surface area (Å²) in [7, 11) is -7.27. The summed E-state index contributed by atoms with van der Waals surface area (Å²) in [6.45, 7) is 12.0. The van der Waals surface area contributed by atoms with Crippen molar-refractivity contribution in [1.29, 1.82) is 0 Å². The van der Waals surface area contributed by atoms with Crippen LogP contribution in [0.5, 0.6) is 0 Å². The van der Waals surface area contributed by atoms with Crippen LogP contribution in [0.3, 0.4) is 0 Å². The zero-order valence-electron chi connectivity index (χ0n) is 32.1. The number of amides is 1. The molecule has 4 unspecified atom stereocenters. The number of fused-ring (bicyclic) bond motifs is 4. The number of hydrogen-bond acceptors (Lipinski definition) is 9. The first-order valence-corrected chi connectivity index (χ1v) is 22.0. The van der Waals surface area contributed by atoms with Gasteiger partial charge >= 0.3 is 6.09 Å². The third-order valence-corrected chi connectivity index (χ3v) is 16.8. The zero-order chi connectivity index (χ0) is 39.5. The number of aromatic nitrogens is 2. The Morgan fingerprint density at radius 1 is 0.679 bits per heavy atom. The Labute approximate surface area is 329 Å². The van der Waals surface area contributed by atoms with Crippen molar-refractivity contribution in [3.63, 3.8) is 0 Å². The van der Waals surface area contributed by atoms with Crippen molar-refractivity contribution in [2.45, 2.75) is 55.2 Å². The minimum Gasteiger partial charge on any atom is -0.445 e. The number of rotatable bonds is 6. The van der Waals surface area contributed by atoms with Crippen LogP contribution in [0.25, 0.3) is 21.5 Å². The quantitative estimate of drug-likeness (QED) is 0.227. The van der Waals surface area contributed by atoms with Crippen LogP contribution in [0.1, 0.15) is 33.3 Å². The van der Waals surface area contributed by atoms with Crippen LogP contribution in [-0.4, -0.2) is 96.8 Å². The highest BCUT2D eigenvalue weighted by Gasteiger charge is 2.57. The molecule has 294 valence electrons. The van der Waals surface area contributed by atoms with E-state index < -0.39 is 25.6 Å². The molecule has 56 heavy (non-hydrogen) atoms. The van der Waals surface area contributed by atoms with Crippen LogP contribution >= 0.6 is 0 Å². The molecule has 4 aliphatic heterocycles. The number of nitrogens with zero attached hydrogens (tertiary/aromatic N) is 5. The molecule has 0 bridgehead atoms. The highest BCUT2D eigenvalue weighted by Crippen LogP contribution is 2.47. The smallest absolute Gasteiger partial charge is 0.410 e. The zero-order valence-corrected chi connectivity index (χ0v) is 33.7. The van der Waals surface area contributed by atoms with Gasteiger partial charge in [0.15, 0.2) is 0 Å². The maximum Gasteiger partial charge on any atom is 0.410 e. The number of pyridine rings is 2. The van der Waals surface area contributed by atoms with Crippen LogP contribution < -0.4 is 5.32 Å². The van der Waals surface area contributed by atoms with Crippen LogP contribution in [0.2, 0.25) is 0 Å². The van der Waals surface area contributed by atoms with E-state index in [1.54, 1.807) is 74.7 Å². The normalized spacial score (nSPS) is 24.5. The number of nitrogens with one attached hydrogen (secondary N) is 1. The molecule has 5 aromatic rings. The second-order valence-corrected chi connectivity index (χ2v) is 20.1. The molecule has 0 radical (unpaired) electrons. The first-order valence-electron chi connectivity index (χ1n) is 19.1. The summed E-state index contributed by atoms with van der Waals surface area (Å²) >= 11 is 0. The summed E-state index contributed by atoms with van der Waals surface area (Å²) in [5.41, 5.74) is -0.0665. The van der Waals surface area contributed by atoms with Gasteiger partial charge in [0.2, 0.25) is 20.0 Å². The Morgan fingerprint density at radius 3 is 1.79 bits per heavy atom. The van der Waals surface area contributed by atoms with Gasteiger partial charge in [0.05, 0.1) is 9.79 Å². The Bertz CT molecular complexity index is 2490. The van der Waals surface area contributed by atoms with Crippen LogP contribution in [0.15, 0.2) is 113 Å². The van der Waals surface area contributed by atoms with Crippen molar-refractivity contribution in [2.75, 3.05) is 39.3 Å². The van der Waals surface area contributed by atoms with E-state index in [2.05, 4.69) is 29.1 Å². The van der Waals surface area contributed by atoms with Gasteiger partial charge in [-0.25, -0.2) is 21.6 Å². The predicted molar refractivity (Wildman–Crippen MR) is 214 cm³/mol. The summed E-state index contributed by atoms with van der Waals surface area (Å²) in [4.78, 5) is 23.3. The maximum atomic E-state index is 13.8. The molecule has 0 saturated carbocycles. The monoisotopic (exact) mass is 796 g/mol. The van der Waals surface area contributed by atoms with E-state index in [0.29, 0.717) is 53.2 Å². The number of ether oxygens (including phenoxy) is 1. The number of carbonyl (C=O) groups is 1. The molecule has 12 nitrogen and oxygen atoms in total. The average molecular weight is 797 g/mol. The molecule has 4 saturated heterocycles. The molecule has 6 heterocycles. The van der Waals surface area contributed by atoms with Crippen molar-refractivity contribution in [1.82, 2.24) is 28.8 Å². The number of carbonyl (C=O) groups excluding carboxylic acids is 1. The van der Waals surface area contributed by atoms with E-state index in [0.717, 1.165) is 34.8 Å². The molecule has 4 fully saturated rings. The molecule has 4 atom stereocenters. The Hall–Kier alpha value is -4.47. The predicted octanol–water partition coefficient (Wildman–Crippen LogP) is 5.76. The second kappa shape index (κ2) is 14.5. The lowest BCUT2D eigenvalue weighted by Gasteiger charge is -2.35. The van der Waals surface area contributed by atoms with Gasteiger partial charge in [-0.2, -0.15) is 8.61 Å². The van der Waals surface area contributed by atoms with Crippen molar-refractivity contribution in [3.8, 4) is 0 Å². The van der Waals surface area contributed by atoms with E-state index in [1.807, 2.05) is 56.3 Å². The first kappa shape index (κ1) is 38.4. The molecule has 4 aliphatic rings. The van der Waals surface area contributed by atoms with E-state index in [9.17, 15) is 21.6 Å². The number of hydrogen-bond donors (Lipinski definition) is 1. The molecule has 2 aromatic heterocycles. The second-order valence-electron chi connectivity index (χ2n) is 16.4. The van der Waals surface area contributed by atoms with Crippen LogP contribution in [-0.2, 0) is 31.4 Å². The van der Waals surface area contributed by atoms with Gasteiger partial charge in [0, 0.05) is 96.1 Å². The van der Waals surface area contributed by atoms with Gasteiger partial charge in [0.25, 0.3) is 0 Å². The standard InChI is InChI=1S/C25H27N3O4S.C17H21N3O2S/c1-25(2)22-16-27(24(29)32-17-18-7-4-3-5-8-18)14-20(22)15-28(25)33(30,31)23-10-6-9-19-13-26-12-11-21(19)23;1-17(2)15-10-19-9-13(15)11-20(17)23(21,22)16-5-3-4-12-8-18-7-6-14(12)16/h3-13,20,22H,14-17H2,1-2H3;3-8,13,15,19H,9-11H2,1-2H3. The van der Waals surface area contributed by atoms with Gasteiger partial charge < -0.3 is 15.0 Å². The number of benzene rings is 3. The minimum atomic E-state index is -3.73. The molecule has 9 rings (SSSR count). The fourth-order valence-corrected chi connectivity index (χ4v) is 13.7. The molecular formula is C42H48N6O6S2. The lowest BCUT2D eigenvalue weighted by atomic mass is 9.85. The summed E-state index contributed by atoms with van der Waals surface area (Å²) < 4.78 is 63.1. The fraction of sp³-hybridized carbons (Fsp3) is 0.405. The molecule has 1 amide bonds. The lowest BCUT2D eigenvalue weighted by molar-refractivity contribution is 0.0972. The number of likely N-dealkylation sites (tertiary alicyclic amines) is 1. The fourth-order valence-electron chi connectivity index (χ4n) is 9.52. The highest BCUT2D eigenvalue weighted by atomic mass is 32.2. The van der Waals surface area contributed by atoms with Gasteiger partial charge in [0.1, 0.15) is 6.61 Å². The third-order valence-electron chi connectivity index (χ3n) is 12.6. The minimum absolute atomic E-state index is 0.0354. The molecule has 0 spiro atoms. The van der Waals surface area contributed by atoms with E-state index in [4.69, 9.17) is 4.74 Å². The number of sulfonamides is 2. The molecule has 0 aliphatic carbocycles. The van der Waals surface area contributed by atoms with Crippen molar-refractivity contribution in [3.05, 3.63) is 109 Å². The van der Waals surface area contributed by atoms with Crippen LogP contribution in [0.4, 0.5) is 4.79 Å². The Balaban J connectivity index is 0.000000168. The third kappa shape index (κ3) is 6.64. The van der Waals surface area contributed by atoms with Crippen molar-refractivity contribution >= 4 is 47.7 Å². The van der Waals surface area contributed by atoms with Gasteiger partial charge in [-0.05, 0) is 81.8 Å². The summed E-state index contributed by atoms with van der Waals surface area (Å²) in [6, 6.07) is 23.8. The highest BCUT2D eigenvalue weighted by molar-refractivity contribution is 7.89. The first-order chi connectivity index (χ1) is 26.7. The van der Waals surface area contributed by atoms with Crippen molar-refractivity contribution < 1.29 is 26.4 Å². The molecule has 14 heteroatoms.